The summed E-state index contributed by atoms with van der Waals surface area (Å²) in [5.41, 5.74) is 0. The van der Waals surface area contributed by atoms with Crippen LogP contribution in [0.1, 0.15) is 6.92 Å². The number of hydrogen-bond donors (Lipinski definition) is 0. The van der Waals surface area contributed by atoms with E-state index in [1.54, 1.807) is 0 Å². The van der Waals surface area contributed by atoms with Gasteiger partial charge >= 0.3 is 22.1 Å². The summed E-state index contributed by atoms with van der Waals surface area (Å²) in [5.74, 6) is -1.08. The molecule has 0 amide bonds. The average Bonchev–Trinajstić information content (AvgIpc) is 1.41. The van der Waals surface area contributed by atoms with Crippen LogP contribution in [-0.4, -0.2) is 5.97 Å². The number of rotatable bonds is 0. The monoisotopic (exact) mass is 142 g/mol. The average molecular weight is 143 g/mol. The molecular weight excluding hydrogens is 140 g/mol. The predicted octanol–water partition coefficient (Wildman–Crippen LogP) is -0.826. The SMILES string of the molecule is CC(=O)[O-].[F][Zn+]. The van der Waals surface area contributed by atoms with Crippen molar-refractivity contribution in [1.29, 1.82) is 0 Å². The molecule has 0 aliphatic heterocycles. The molecule has 0 saturated carbocycles. The van der Waals surface area contributed by atoms with Crippen LogP contribution >= 0.6 is 0 Å². The Morgan fingerprint density at radius 3 is 1.83 bits per heavy atom. The van der Waals surface area contributed by atoms with Crippen LogP contribution in [-0.2, 0) is 23.6 Å². The Morgan fingerprint density at radius 2 is 1.83 bits per heavy atom. The van der Waals surface area contributed by atoms with Gasteiger partial charge in [0.1, 0.15) is 0 Å². The van der Waals surface area contributed by atoms with E-state index in [4.69, 9.17) is 9.90 Å². The molecule has 0 heterocycles. The molecule has 0 bridgehead atoms. The maximum atomic E-state index is 9.62. The first kappa shape index (κ1) is 9.39. The summed E-state index contributed by atoms with van der Waals surface area (Å²) in [6, 6.07) is 0. The first-order valence-electron chi connectivity index (χ1n) is 1.18. The molecule has 0 N–H and O–H groups in total. The van der Waals surface area contributed by atoms with E-state index in [-0.39, 0.29) is 18.8 Å². The number of carbonyl (C=O) groups excluding carboxylic acids is 1. The normalized spacial score (nSPS) is 5.33. The van der Waals surface area contributed by atoms with Crippen molar-refractivity contribution in [2.45, 2.75) is 6.92 Å². The molecule has 0 fully saturated rings. The molecule has 0 saturated heterocycles. The molecule has 4 heteroatoms. The number of halogens is 1. The van der Waals surface area contributed by atoms with E-state index >= 15 is 0 Å². The van der Waals surface area contributed by atoms with Crippen LogP contribution in [0, 0.1) is 0 Å². The van der Waals surface area contributed by atoms with Crippen molar-refractivity contribution in [2.24, 2.45) is 0 Å². The fourth-order valence-electron chi connectivity index (χ4n) is 0. The predicted molar refractivity (Wildman–Crippen MR) is 11.8 cm³/mol. The standard InChI is InChI=1S/C2H4O2.FH.Zn/c1-2(3)4;;/h1H3,(H,3,4);1H;/q;;+2/p-2. The van der Waals surface area contributed by atoms with E-state index in [9.17, 15) is 3.32 Å². The van der Waals surface area contributed by atoms with Crippen molar-refractivity contribution in [2.75, 3.05) is 0 Å². The quantitative estimate of drug-likeness (QED) is 0.416. The van der Waals surface area contributed by atoms with E-state index in [0.717, 1.165) is 6.92 Å². The van der Waals surface area contributed by atoms with Gasteiger partial charge in [-0.15, -0.1) is 0 Å². The third-order valence-corrected chi connectivity index (χ3v) is 0. The summed E-state index contributed by atoms with van der Waals surface area (Å²) >= 11 is -0.125. The second-order valence-corrected chi connectivity index (χ2v) is 0.492. The van der Waals surface area contributed by atoms with Crippen LogP contribution in [0.3, 0.4) is 0 Å². The second-order valence-electron chi connectivity index (χ2n) is 0.492. The topological polar surface area (TPSA) is 40.1 Å². The van der Waals surface area contributed by atoms with Gasteiger partial charge in [0.05, 0.1) is 0 Å². The van der Waals surface area contributed by atoms with Gasteiger partial charge < -0.3 is 9.90 Å². The molecular formula is C2H3FO2Zn. The van der Waals surface area contributed by atoms with Gasteiger partial charge in [-0.2, -0.15) is 0 Å². The van der Waals surface area contributed by atoms with E-state index in [2.05, 4.69) is 0 Å². The molecule has 0 aromatic rings. The number of aliphatic carboxylic acids is 1. The van der Waals surface area contributed by atoms with Crippen molar-refractivity contribution < 1.29 is 32.0 Å². The Labute approximate surface area is 45.6 Å². The molecule has 6 heavy (non-hydrogen) atoms. The Balaban J connectivity index is 0. The van der Waals surface area contributed by atoms with Gasteiger partial charge in [0.2, 0.25) is 0 Å². The first-order valence-corrected chi connectivity index (χ1v) is 2.30. The van der Waals surface area contributed by atoms with Crippen LogP contribution in [0.15, 0.2) is 0 Å². The van der Waals surface area contributed by atoms with Crippen LogP contribution in [0.25, 0.3) is 0 Å². The van der Waals surface area contributed by atoms with Crippen molar-refractivity contribution >= 4 is 5.97 Å². The molecule has 2 nitrogen and oxygen atoms in total. The van der Waals surface area contributed by atoms with E-state index in [1.807, 2.05) is 0 Å². The number of carboxylic acids is 1. The maximum absolute atomic E-state index is 9.62. The number of carbonyl (C=O) groups is 1. The van der Waals surface area contributed by atoms with Crippen LogP contribution in [0.2, 0.25) is 0 Å². The van der Waals surface area contributed by atoms with Crippen molar-refractivity contribution in [1.82, 2.24) is 0 Å². The summed E-state index contributed by atoms with van der Waals surface area (Å²) in [6.07, 6.45) is 0. The number of hydrogen-bond acceptors (Lipinski definition) is 2. The van der Waals surface area contributed by atoms with E-state index in [0.29, 0.717) is 0 Å². The summed E-state index contributed by atoms with van der Waals surface area (Å²) in [6.45, 7) is 0.972. The van der Waals surface area contributed by atoms with Crippen LogP contribution < -0.4 is 5.11 Å². The zero-order valence-electron chi connectivity index (χ0n) is 3.40. The molecule has 0 rings (SSSR count). The van der Waals surface area contributed by atoms with Crippen molar-refractivity contribution in [3.63, 3.8) is 0 Å². The minimum atomic E-state index is -1.08. The van der Waals surface area contributed by atoms with Gasteiger partial charge in [-0.25, -0.2) is 0 Å². The molecule has 32 valence electrons. The molecule has 0 aromatic heterocycles. The Hall–Kier alpha value is 0.0234. The third kappa shape index (κ3) is 67300. The third-order valence-electron chi connectivity index (χ3n) is 0. The molecule has 0 aliphatic carbocycles. The zero-order valence-corrected chi connectivity index (χ0v) is 6.37. The van der Waals surface area contributed by atoms with E-state index < -0.39 is 5.97 Å². The molecule has 0 atom stereocenters. The molecule has 0 radical (unpaired) electrons. The fourth-order valence-corrected chi connectivity index (χ4v) is 0. The van der Waals surface area contributed by atoms with Gasteiger partial charge in [0.15, 0.2) is 0 Å². The molecule has 0 unspecified atom stereocenters. The van der Waals surface area contributed by atoms with Gasteiger partial charge in [-0.1, -0.05) is 0 Å². The Kier molecular flexibility index (Phi) is 13.9. The second kappa shape index (κ2) is 8.90. The molecule has 0 spiro atoms. The van der Waals surface area contributed by atoms with Crippen molar-refractivity contribution in [3.05, 3.63) is 0 Å². The fraction of sp³-hybridized carbons (Fsp3) is 0.500. The molecule has 0 aliphatic rings. The van der Waals surface area contributed by atoms with Crippen LogP contribution in [0.4, 0.5) is 3.32 Å². The summed E-state index contributed by atoms with van der Waals surface area (Å²) < 4.78 is 9.62. The zero-order chi connectivity index (χ0) is 5.58. The van der Waals surface area contributed by atoms with Gasteiger partial charge in [0.25, 0.3) is 0 Å². The first-order chi connectivity index (χ1) is 2.73. The summed E-state index contributed by atoms with van der Waals surface area (Å²) in [4.78, 5) is 8.89. The Morgan fingerprint density at radius 1 is 1.83 bits per heavy atom. The number of carboxylic acid groups (broad SMARTS) is 1. The van der Waals surface area contributed by atoms with Crippen LogP contribution in [0.5, 0.6) is 0 Å². The Bertz CT molecular complexity index is 34.5. The van der Waals surface area contributed by atoms with Gasteiger partial charge in [-0.3, -0.25) is 0 Å². The molecule has 0 aromatic carbocycles. The van der Waals surface area contributed by atoms with Crippen molar-refractivity contribution in [3.8, 4) is 0 Å². The van der Waals surface area contributed by atoms with E-state index in [1.165, 1.54) is 0 Å². The minimum absolute atomic E-state index is 0.125. The van der Waals surface area contributed by atoms with Gasteiger partial charge in [-0.05, 0) is 6.92 Å². The summed E-state index contributed by atoms with van der Waals surface area (Å²) in [5, 5.41) is 8.89. The summed E-state index contributed by atoms with van der Waals surface area (Å²) in [7, 11) is 0. The van der Waals surface area contributed by atoms with Gasteiger partial charge in [0, 0.05) is 5.97 Å².